The Morgan fingerprint density at radius 3 is 2.71 bits per heavy atom. The molecule has 4 aromatic rings. The van der Waals surface area contributed by atoms with Crippen LogP contribution in [0.4, 0.5) is 10.2 Å². The highest BCUT2D eigenvalue weighted by Gasteiger charge is 2.23. The lowest BCUT2D eigenvalue weighted by Crippen LogP contribution is -2.29. The minimum Gasteiger partial charge on any atom is -0.372 e. The zero-order valence-corrected chi connectivity index (χ0v) is 18.3. The van der Waals surface area contributed by atoms with Crippen LogP contribution in [-0.4, -0.2) is 41.4 Å². The van der Waals surface area contributed by atoms with Gasteiger partial charge in [0.2, 0.25) is 5.91 Å². The first-order valence-corrected chi connectivity index (χ1v) is 11.2. The van der Waals surface area contributed by atoms with Crippen LogP contribution in [0, 0.1) is 5.82 Å². The molecular formula is C23H24FN7O3. The van der Waals surface area contributed by atoms with Gasteiger partial charge < -0.3 is 20.7 Å². The topological polar surface area (TPSA) is 140 Å². The van der Waals surface area contributed by atoms with Crippen molar-refractivity contribution in [2.75, 3.05) is 5.32 Å². The molecule has 1 fully saturated rings. The summed E-state index contributed by atoms with van der Waals surface area (Å²) in [5.74, 6) is -0.647. The van der Waals surface area contributed by atoms with Crippen molar-refractivity contribution in [3.63, 3.8) is 0 Å². The summed E-state index contributed by atoms with van der Waals surface area (Å²) in [4.78, 5) is 33.2. The number of amides is 1. The first kappa shape index (κ1) is 22.0. The standard InChI is InChI=1S/C23H24FN7O3/c24-15-6-7-18(26-11-15)28-19(32)12-30-20-9-17(13-4-2-1-3-5-13)29-31(20)23(34)16-8-14(21(25)33)10-27-22(16)30/h6-11,13,19,32H,1-5,12H2,(H2,25,33)(H,26,28). The molecule has 0 saturated heterocycles. The average Bonchev–Trinajstić information content (AvgIpc) is 3.29. The van der Waals surface area contributed by atoms with Gasteiger partial charge in [-0.05, 0) is 31.0 Å². The Hall–Kier alpha value is -3.86. The van der Waals surface area contributed by atoms with Gasteiger partial charge in [0.15, 0.2) is 0 Å². The van der Waals surface area contributed by atoms with Gasteiger partial charge in [0.25, 0.3) is 5.56 Å². The molecule has 1 amide bonds. The minimum atomic E-state index is -1.14. The second-order valence-corrected chi connectivity index (χ2v) is 8.57. The summed E-state index contributed by atoms with van der Waals surface area (Å²) in [6, 6.07) is 5.90. The van der Waals surface area contributed by atoms with E-state index in [9.17, 15) is 19.1 Å². The monoisotopic (exact) mass is 465 g/mol. The number of anilines is 1. The largest absolute Gasteiger partial charge is 0.372 e. The van der Waals surface area contributed by atoms with E-state index in [4.69, 9.17) is 5.73 Å². The Kier molecular flexibility index (Phi) is 5.70. The highest BCUT2D eigenvalue weighted by atomic mass is 19.1. The van der Waals surface area contributed by atoms with Gasteiger partial charge in [0.1, 0.15) is 29.2 Å². The van der Waals surface area contributed by atoms with Crippen molar-refractivity contribution >= 4 is 28.4 Å². The number of pyridine rings is 2. The Bertz CT molecular complexity index is 1420. The molecule has 34 heavy (non-hydrogen) atoms. The van der Waals surface area contributed by atoms with E-state index in [1.165, 1.54) is 35.3 Å². The molecule has 1 saturated carbocycles. The number of hydrogen-bond donors (Lipinski definition) is 3. The molecule has 1 aliphatic rings. The summed E-state index contributed by atoms with van der Waals surface area (Å²) in [5, 5.41) is 18.3. The molecular weight excluding hydrogens is 441 g/mol. The molecule has 11 heteroatoms. The van der Waals surface area contributed by atoms with E-state index in [0.717, 1.165) is 37.6 Å². The van der Waals surface area contributed by atoms with Crippen LogP contribution in [0.2, 0.25) is 0 Å². The van der Waals surface area contributed by atoms with Gasteiger partial charge in [-0.15, -0.1) is 0 Å². The quantitative estimate of drug-likeness (QED) is 0.371. The molecule has 0 bridgehead atoms. The first-order chi connectivity index (χ1) is 16.4. The van der Waals surface area contributed by atoms with Gasteiger partial charge in [0.05, 0.1) is 29.4 Å². The van der Waals surface area contributed by atoms with E-state index in [1.807, 2.05) is 6.07 Å². The molecule has 0 spiro atoms. The van der Waals surface area contributed by atoms with Crippen molar-refractivity contribution in [1.82, 2.24) is 24.1 Å². The summed E-state index contributed by atoms with van der Waals surface area (Å²) >= 11 is 0. The summed E-state index contributed by atoms with van der Waals surface area (Å²) in [7, 11) is 0. The van der Waals surface area contributed by atoms with Crippen LogP contribution in [0.25, 0.3) is 16.7 Å². The molecule has 0 aromatic carbocycles. The molecule has 10 nitrogen and oxygen atoms in total. The number of carbonyl (C=O) groups excluding carboxylic acids is 1. The third kappa shape index (κ3) is 4.10. The maximum atomic E-state index is 13.3. The number of aliphatic hydroxyl groups excluding tert-OH is 1. The van der Waals surface area contributed by atoms with Gasteiger partial charge in [0, 0.05) is 18.2 Å². The van der Waals surface area contributed by atoms with E-state index in [-0.39, 0.29) is 34.9 Å². The van der Waals surface area contributed by atoms with Crippen LogP contribution in [-0.2, 0) is 6.54 Å². The Morgan fingerprint density at radius 2 is 2.00 bits per heavy atom. The van der Waals surface area contributed by atoms with Gasteiger partial charge in [-0.3, -0.25) is 9.59 Å². The molecule has 0 aliphatic heterocycles. The Morgan fingerprint density at radius 1 is 1.21 bits per heavy atom. The molecule has 4 N–H and O–H groups in total. The molecule has 1 atom stereocenters. The number of halogens is 1. The Balaban J connectivity index is 1.62. The number of primary amides is 1. The van der Waals surface area contributed by atoms with Gasteiger partial charge in [-0.1, -0.05) is 19.3 Å². The number of nitrogens with zero attached hydrogens (tertiary/aromatic N) is 5. The molecule has 0 radical (unpaired) electrons. The predicted molar refractivity (Wildman–Crippen MR) is 123 cm³/mol. The van der Waals surface area contributed by atoms with E-state index >= 15 is 0 Å². The lowest BCUT2D eigenvalue weighted by atomic mass is 9.87. The number of rotatable bonds is 6. The van der Waals surface area contributed by atoms with Crippen LogP contribution in [0.3, 0.4) is 0 Å². The van der Waals surface area contributed by atoms with Crippen molar-refractivity contribution in [3.8, 4) is 0 Å². The predicted octanol–water partition coefficient (Wildman–Crippen LogP) is 2.16. The number of fused-ring (bicyclic) bond motifs is 2. The van der Waals surface area contributed by atoms with E-state index in [2.05, 4.69) is 20.4 Å². The maximum Gasteiger partial charge on any atom is 0.283 e. The fraction of sp³-hybridized carbons (Fsp3) is 0.348. The minimum absolute atomic E-state index is 0.0158. The van der Waals surface area contributed by atoms with E-state index in [1.54, 1.807) is 4.57 Å². The number of hydrogen-bond acceptors (Lipinski definition) is 7. The fourth-order valence-corrected chi connectivity index (χ4v) is 4.55. The van der Waals surface area contributed by atoms with Crippen molar-refractivity contribution in [1.29, 1.82) is 0 Å². The number of aliphatic hydroxyl groups is 1. The molecule has 1 unspecified atom stereocenters. The van der Waals surface area contributed by atoms with Crippen LogP contribution < -0.4 is 16.6 Å². The van der Waals surface area contributed by atoms with Crippen LogP contribution in [0.15, 0.2) is 41.5 Å². The summed E-state index contributed by atoms with van der Waals surface area (Å²) in [6.45, 7) is -0.0158. The maximum absolute atomic E-state index is 13.3. The van der Waals surface area contributed by atoms with Crippen LogP contribution in [0.1, 0.15) is 54.1 Å². The fourth-order valence-electron chi connectivity index (χ4n) is 4.55. The number of nitrogens with one attached hydrogen (secondary N) is 1. The SMILES string of the molecule is NC(=O)c1cnc2c(c1)c(=O)n1nc(C3CCCCC3)cc1n2CC(O)Nc1ccc(F)cn1. The van der Waals surface area contributed by atoms with E-state index < -0.39 is 23.5 Å². The molecule has 5 rings (SSSR count). The average molecular weight is 465 g/mol. The smallest absolute Gasteiger partial charge is 0.283 e. The first-order valence-electron chi connectivity index (χ1n) is 11.2. The van der Waals surface area contributed by atoms with Gasteiger partial charge in [-0.25, -0.2) is 14.4 Å². The lowest BCUT2D eigenvalue weighted by molar-refractivity contribution is 0.1000. The van der Waals surface area contributed by atoms with Gasteiger partial charge in [-0.2, -0.15) is 9.61 Å². The lowest BCUT2D eigenvalue weighted by Gasteiger charge is -2.19. The normalized spacial score (nSPS) is 15.6. The third-order valence-electron chi connectivity index (χ3n) is 6.24. The second-order valence-electron chi connectivity index (χ2n) is 8.57. The van der Waals surface area contributed by atoms with Crippen molar-refractivity contribution in [3.05, 3.63) is 64.1 Å². The zero-order valence-electron chi connectivity index (χ0n) is 18.3. The number of nitrogens with two attached hydrogens (primary N) is 1. The number of carbonyl (C=O) groups is 1. The van der Waals surface area contributed by atoms with Gasteiger partial charge >= 0.3 is 0 Å². The van der Waals surface area contributed by atoms with Crippen LogP contribution in [0.5, 0.6) is 0 Å². The van der Waals surface area contributed by atoms with Crippen molar-refractivity contribution in [2.45, 2.75) is 50.8 Å². The molecule has 4 aromatic heterocycles. The number of aromatic nitrogens is 5. The Labute approximate surface area is 193 Å². The van der Waals surface area contributed by atoms with E-state index in [0.29, 0.717) is 5.65 Å². The summed E-state index contributed by atoms with van der Waals surface area (Å²) in [6.07, 6.45) is 6.63. The molecule has 4 heterocycles. The summed E-state index contributed by atoms with van der Waals surface area (Å²) < 4.78 is 16.1. The third-order valence-corrected chi connectivity index (χ3v) is 6.24. The highest BCUT2D eigenvalue weighted by molar-refractivity contribution is 5.95. The molecule has 1 aliphatic carbocycles. The van der Waals surface area contributed by atoms with Crippen LogP contribution >= 0.6 is 0 Å². The van der Waals surface area contributed by atoms with Crippen molar-refractivity contribution < 1.29 is 14.3 Å². The molecule has 176 valence electrons. The van der Waals surface area contributed by atoms with Crippen molar-refractivity contribution in [2.24, 2.45) is 5.73 Å². The highest BCUT2D eigenvalue weighted by Crippen LogP contribution is 2.32. The zero-order chi connectivity index (χ0) is 23.8. The summed E-state index contributed by atoms with van der Waals surface area (Å²) in [5.41, 5.74) is 6.65. The second kappa shape index (κ2) is 8.82.